The molecule has 154 valence electrons. The van der Waals surface area contributed by atoms with Crippen LogP contribution in [0.25, 0.3) is 0 Å². The van der Waals surface area contributed by atoms with Gasteiger partial charge >= 0.3 is 12.0 Å². The third-order valence-electron chi connectivity index (χ3n) is 4.24. The first kappa shape index (κ1) is 20.7. The van der Waals surface area contributed by atoms with Crippen molar-refractivity contribution in [1.29, 1.82) is 0 Å². The molecule has 0 aliphatic carbocycles. The monoisotopic (exact) mass is 409 g/mol. The predicted molar refractivity (Wildman–Crippen MR) is 109 cm³/mol. The molecule has 9 heteroatoms. The summed E-state index contributed by atoms with van der Waals surface area (Å²) in [7, 11) is 0. The molecule has 1 unspecified atom stereocenters. The molecule has 0 amide bonds. The summed E-state index contributed by atoms with van der Waals surface area (Å²) >= 11 is 0. The third kappa shape index (κ3) is 5.74. The molecule has 1 heterocycles. The van der Waals surface area contributed by atoms with Crippen molar-refractivity contribution < 1.29 is 19.0 Å². The number of hydrogen-bond donors (Lipinski definition) is 3. The number of hydrogen-bond acceptors (Lipinski definition) is 5. The molecule has 0 radical (unpaired) electrons. The van der Waals surface area contributed by atoms with Gasteiger partial charge in [-0.3, -0.25) is 4.79 Å². The third-order valence-corrected chi connectivity index (χ3v) is 4.24. The zero-order valence-electron chi connectivity index (χ0n) is 15.9. The minimum absolute atomic E-state index is 0.0117. The Morgan fingerprint density at radius 3 is 2.43 bits per heavy atom. The standard InChI is InChI=1S/C21H20FN5O3/c22-15-5-3-14(4-6-15)17(11-19(28)29)18-9-10-25-21(27-18)30-16-7-1-13(2-8-16)12-26-20(23)24/h1-10,17H,11-12H2,(H,28,29)(H4,23,24,26). The van der Waals surface area contributed by atoms with Crippen molar-refractivity contribution in [1.82, 2.24) is 9.97 Å². The number of benzene rings is 2. The second-order valence-corrected chi connectivity index (χ2v) is 6.45. The van der Waals surface area contributed by atoms with Crippen LogP contribution in [-0.4, -0.2) is 27.0 Å². The molecule has 0 fully saturated rings. The average molecular weight is 409 g/mol. The highest BCUT2D eigenvalue weighted by molar-refractivity contribution is 5.75. The van der Waals surface area contributed by atoms with Crippen LogP contribution in [0, 0.1) is 5.82 Å². The Labute approximate surface area is 172 Å². The van der Waals surface area contributed by atoms with Crippen LogP contribution in [0.3, 0.4) is 0 Å². The lowest BCUT2D eigenvalue weighted by molar-refractivity contribution is -0.137. The molecular weight excluding hydrogens is 389 g/mol. The lowest BCUT2D eigenvalue weighted by Gasteiger charge is -2.15. The maximum Gasteiger partial charge on any atom is 0.322 e. The molecule has 5 N–H and O–H groups in total. The van der Waals surface area contributed by atoms with Crippen molar-refractivity contribution >= 4 is 11.9 Å². The van der Waals surface area contributed by atoms with E-state index in [1.807, 2.05) is 0 Å². The SMILES string of the molecule is NC(N)=NCc1ccc(Oc2nccc(C(CC(=O)O)c3ccc(F)cc3)n2)cc1. The van der Waals surface area contributed by atoms with E-state index in [9.17, 15) is 14.3 Å². The Balaban J connectivity index is 1.80. The second-order valence-electron chi connectivity index (χ2n) is 6.45. The van der Waals surface area contributed by atoms with Gasteiger partial charge in [0, 0.05) is 12.1 Å². The fourth-order valence-electron chi connectivity index (χ4n) is 2.81. The van der Waals surface area contributed by atoms with E-state index in [1.165, 1.54) is 18.3 Å². The summed E-state index contributed by atoms with van der Waals surface area (Å²) in [6.45, 7) is 0.350. The Bertz CT molecular complexity index is 1040. The maximum absolute atomic E-state index is 13.3. The number of guanidine groups is 1. The minimum Gasteiger partial charge on any atom is -0.481 e. The van der Waals surface area contributed by atoms with Crippen LogP contribution in [0.2, 0.25) is 0 Å². The number of carboxylic acids is 1. The molecule has 2 aromatic carbocycles. The van der Waals surface area contributed by atoms with Gasteiger partial charge in [-0.2, -0.15) is 4.98 Å². The van der Waals surface area contributed by atoms with E-state index < -0.39 is 17.7 Å². The number of aromatic nitrogens is 2. The fraction of sp³-hybridized carbons (Fsp3) is 0.143. The van der Waals surface area contributed by atoms with Crippen LogP contribution in [0.15, 0.2) is 65.8 Å². The number of carbonyl (C=O) groups is 1. The minimum atomic E-state index is -0.998. The lowest BCUT2D eigenvalue weighted by Crippen LogP contribution is -2.22. The second kappa shape index (κ2) is 9.46. The summed E-state index contributed by atoms with van der Waals surface area (Å²) in [5.41, 5.74) is 12.6. The van der Waals surface area contributed by atoms with Gasteiger partial charge in [0.25, 0.3) is 0 Å². The van der Waals surface area contributed by atoms with Gasteiger partial charge in [0.1, 0.15) is 11.6 Å². The van der Waals surface area contributed by atoms with Crippen LogP contribution in [0.4, 0.5) is 4.39 Å². The van der Waals surface area contributed by atoms with E-state index in [-0.39, 0.29) is 18.4 Å². The zero-order valence-corrected chi connectivity index (χ0v) is 15.9. The lowest BCUT2D eigenvalue weighted by atomic mass is 9.92. The molecule has 0 saturated carbocycles. The summed E-state index contributed by atoms with van der Waals surface area (Å²) in [4.78, 5) is 23.7. The van der Waals surface area contributed by atoms with Gasteiger partial charge < -0.3 is 21.3 Å². The van der Waals surface area contributed by atoms with E-state index in [0.29, 0.717) is 23.6 Å². The molecule has 0 bridgehead atoms. The molecule has 1 atom stereocenters. The maximum atomic E-state index is 13.3. The summed E-state index contributed by atoms with van der Waals surface area (Å²) in [5, 5.41) is 9.30. The first-order valence-corrected chi connectivity index (χ1v) is 9.03. The Morgan fingerprint density at radius 1 is 1.10 bits per heavy atom. The quantitative estimate of drug-likeness (QED) is 0.384. The molecule has 30 heavy (non-hydrogen) atoms. The Hall–Kier alpha value is -4.01. The highest BCUT2D eigenvalue weighted by Crippen LogP contribution is 2.28. The largest absolute Gasteiger partial charge is 0.481 e. The molecule has 0 aliphatic heterocycles. The first-order valence-electron chi connectivity index (χ1n) is 9.03. The molecule has 3 rings (SSSR count). The van der Waals surface area contributed by atoms with Crippen molar-refractivity contribution in [2.75, 3.05) is 0 Å². The van der Waals surface area contributed by atoms with E-state index in [4.69, 9.17) is 16.2 Å². The summed E-state index contributed by atoms with van der Waals surface area (Å²) < 4.78 is 19.0. The number of rotatable bonds is 8. The van der Waals surface area contributed by atoms with Crippen LogP contribution in [0.1, 0.15) is 29.2 Å². The van der Waals surface area contributed by atoms with E-state index >= 15 is 0 Å². The zero-order chi connectivity index (χ0) is 21.5. The normalized spacial score (nSPS) is 11.5. The van der Waals surface area contributed by atoms with Gasteiger partial charge in [-0.05, 0) is 41.5 Å². The van der Waals surface area contributed by atoms with Gasteiger partial charge in [-0.1, -0.05) is 24.3 Å². The Morgan fingerprint density at radius 2 is 1.80 bits per heavy atom. The van der Waals surface area contributed by atoms with Crippen LogP contribution in [-0.2, 0) is 11.3 Å². The van der Waals surface area contributed by atoms with Crippen molar-refractivity contribution in [2.24, 2.45) is 16.5 Å². The average Bonchev–Trinajstić information content (AvgIpc) is 2.72. The first-order chi connectivity index (χ1) is 14.4. The van der Waals surface area contributed by atoms with Gasteiger partial charge in [-0.25, -0.2) is 14.4 Å². The van der Waals surface area contributed by atoms with Crippen molar-refractivity contribution in [3.05, 3.63) is 83.4 Å². The fourth-order valence-corrected chi connectivity index (χ4v) is 2.81. The summed E-state index contributed by atoms with van der Waals surface area (Å²) in [5.74, 6) is -1.46. The van der Waals surface area contributed by atoms with Gasteiger partial charge in [0.05, 0.1) is 18.7 Å². The highest BCUT2D eigenvalue weighted by Gasteiger charge is 2.20. The number of aliphatic imine (C=N–C) groups is 1. The van der Waals surface area contributed by atoms with E-state index in [0.717, 1.165) is 5.56 Å². The number of nitrogens with zero attached hydrogens (tertiary/aromatic N) is 3. The van der Waals surface area contributed by atoms with Gasteiger partial charge in [-0.15, -0.1) is 0 Å². The molecule has 3 aromatic rings. The molecule has 1 aromatic heterocycles. The van der Waals surface area contributed by atoms with E-state index in [1.54, 1.807) is 42.5 Å². The van der Waals surface area contributed by atoms with Crippen LogP contribution < -0.4 is 16.2 Å². The van der Waals surface area contributed by atoms with Crippen molar-refractivity contribution in [3.63, 3.8) is 0 Å². The number of halogens is 1. The number of ether oxygens (including phenoxy) is 1. The highest BCUT2D eigenvalue weighted by atomic mass is 19.1. The number of aliphatic carboxylic acids is 1. The number of carboxylic acid groups (broad SMARTS) is 1. The summed E-state index contributed by atoms with van der Waals surface area (Å²) in [6.07, 6.45) is 1.28. The van der Waals surface area contributed by atoms with E-state index in [2.05, 4.69) is 15.0 Å². The Kier molecular flexibility index (Phi) is 6.53. The number of nitrogens with two attached hydrogens (primary N) is 2. The van der Waals surface area contributed by atoms with Crippen LogP contribution in [0.5, 0.6) is 11.8 Å². The molecule has 0 saturated heterocycles. The molecule has 0 spiro atoms. The van der Waals surface area contributed by atoms with Gasteiger partial charge in [0.2, 0.25) is 0 Å². The topological polar surface area (TPSA) is 137 Å². The predicted octanol–water partition coefficient (Wildman–Crippen LogP) is 2.79. The van der Waals surface area contributed by atoms with Crippen LogP contribution >= 0.6 is 0 Å². The van der Waals surface area contributed by atoms with Crippen molar-refractivity contribution in [2.45, 2.75) is 18.9 Å². The molecule has 0 aliphatic rings. The smallest absolute Gasteiger partial charge is 0.322 e. The summed E-state index contributed by atoms with van der Waals surface area (Å²) in [6, 6.07) is 14.4. The molecular formula is C21H20FN5O3. The van der Waals surface area contributed by atoms with Gasteiger partial charge in [0.15, 0.2) is 5.96 Å². The molecule has 8 nitrogen and oxygen atoms in total. The van der Waals surface area contributed by atoms with Crippen molar-refractivity contribution in [3.8, 4) is 11.8 Å².